The third-order valence-electron chi connectivity index (χ3n) is 8.70. The van der Waals surface area contributed by atoms with Gasteiger partial charge in [-0.2, -0.15) is 0 Å². The maximum Gasteiger partial charge on any atom is 0.115 e. The van der Waals surface area contributed by atoms with E-state index in [1.807, 2.05) is 12.1 Å². The van der Waals surface area contributed by atoms with Gasteiger partial charge in [-0.1, -0.05) is 71.9 Å². The molecule has 30 heavy (non-hydrogen) atoms. The fourth-order valence-electron chi connectivity index (χ4n) is 6.48. The molecule has 1 aliphatic heterocycles. The van der Waals surface area contributed by atoms with Gasteiger partial charge in [-0.05, 0) is 76.3 Å². The molecule has 2 nitrogen and oxygen atoms in total. The molecule has 2 aromatic rings. The molecular weight excluding hydrogens is 368 g/mol. The number of hydrogen-bond donors (Lipinski definition) is 1. The number of benzene rings is 2. The van der Waals surface area contributed by atoms with Crippen LogP contribution in [0.1, 0.15) is 82.6 Å². The second-order valence-corrected chi connectivity index (χ2v) is 10.7. The van der Waals surface area contributed by atoms with E-state index in [-0.39, 0.29) is 10.8 Å². The van der Waals surface area contributed by atoms with Crippen LogP contribution in [0.5, 0.6) is 5.75 Å². The van der Waals surface area contributed by atoms with Crippen LogP contribution in [0.25, 0.3) is 0 Å². The molecule has 4 unspecified atom stereocenters. The molecule has 4 rings (SSSR count). The van der Waals surface area contributed by atoms with Gasteiger partial charge in [0, 0.05) is 5.41 Å². The molecule has 1 heterocycles. The van der Waals surface area contributed by atoms with Gasteiger partial charge in [0.2, 0.25) is 0 Å². The van der Waals surface area contributed by atoms with Crippen LogP contribution in [-0.4, -0.2) is 11.7 Å². The third-order valence-corrected chi connectivity index (χ3v) is 8.70. The average molecular weight is 407 g/mol. The van der Waals surface area contributed by atoms with Gasteiger partial charge in [-0.25, -0.2) is 0 Å². The normalized spacial score (nSPS) is 29.1. The molecule has 1 aliphatic carbocycles. The van der Waals surface area contributed by atoms with E-state index in [4.69, 9.17) is 4.74 Å². The van der Waals surface area contributed by atoms with Crippen LogP contribution < -0.4 is 0 Å². The van der Waals surface area contributed by atoms with Gasteiger partial charge in [0.1, 0.15) is 5.75 Å². The summed E-state index contributed by atoms with van der Waals surface area (Å²) in [5.41, 5.74) is 5.81. The lowest BCUT2D eigenvalue weighted by Gasteiger charge is -2.47. The first-order valence-electron chi connectivity index (χ1n) is 11.7. The highest BCUT2D eigenvalue weighted by Gasteiger charge is 2.48. The first kappa shape index (κ1) is 21.4. The highest BCUT2D eigenvalue weighted by atomic mass is 16.5. The quantitative estimate of drug-likeness (QED) is 0.582. The number of rotatable bonds is 5. The first-order valence-corrected chi connectivity index (χ1v) is 11.7. The Morgan fingerprint density at radius 2 is 1.73 bits per heavy atom. The Bertz CT molecular complexity index is 915. The second kappa shape index (κ2) is 7.71. The lowest BCUT2D eigenvalue weighted by Crippen LogP contribution is -2.47. The molecule has 0 saturated heterocycles. The van der Waals surface area contributed by atoms with Crippen molar-refractivity contribution in [1.29, 1.82) is 0 Å². The van der Waals surface area contributed by atoms with Gasteiger partial charge < -0.3 is 9.84 Å². The Morgan fingerprint density at radius 3 is 2.43 bits per heavy atom. The zero-order valence-electron chi connectivity index (χ0n) is 19.5. The van der Waals surface area contributed by atoms with Crippen molar-refractivity contribution in [3.05, 3.63) is 64.7 Å². The zero-order valence-corrected chi connectivity index (χ0v) is 19.5. The van der Waals surface area contributed by atoms with Crippen molar-refractivity contribution in [3.8, 4) is 5.75 Å². The van der Waals surface area contributed by atoms with Crippen LogP contribution in [0.3, 0.4) is 0 Å². The van der Waals surface area contributed by atoms with Crippen LogP contribution >= 0.6 is 0 Å². The van der Waals surface area contributed by atoms with Gasteiger partial charge in [-0.3, -0.25) is 0 Å². The van der Waals surface area contributed by atoms with Gasteiger partial charge in [-0.15, -0.1) is 0 Å². The summed E-state index contributed by atoms with van der Waals surface area (Å²) in [6.45, 7) is 15.7. The SMILES string of the molecule is CC(C)C1(C)CC(CC(C)C2(C(C)C)COCc3ccccc32)c2ccc(O)cc21. The number of phenolic OH excluding ortho intramolecular Hbond substituents is 1. The van der Waals surface area contributed by atoms with Gasteiger partial charge in [0.05, 0.1) is 13.2 Å². The van der Waals surface area contributed by atoms with Crippen LogP contribution in [0.15, 0.2) is 42.5 Å². The number of phenols is 1. The van der Waals surface area contributed by atoms with Crippen molar-refractivity contribution in [1.82, 2.24) is 0 Å². The predicted octanol–water partition coefficient (Wildman–Crippen LogP) is 6.94. The maximum absolute atomic E-state index is 10.2. The largest absolute Gasteiger partial charge is 0.508 e. The van der Waals surface area contributed by atoms with E-state index in [2.05, 4.69) is 71.9 Å². The summed E-state index contributed by atoms with van der Waals surface area (Å²) < 4.78 is 6.19. The molecular formula is C28H38O2. The van der Waals surface area contributed by atoms with Gasteiger partial charge in [0.15, 0.2) is 0 Å². The van der Waals surface area contributed by atoms with E-state index >= 15 is 0 Å². The summed E-state index contributed by atoms with van der Waals surface area (Å²) in [4.78, 5) is 0. The van der Waals surface area contributed by atoms with Crippen molar-refractivity contribution in [2.24, 2.45) is 17.8 Å². The van der Waals surface area contributed by atoms with E-state index in [9.17, 15) is 5.11 Å². The Kier molecular flexibility index (Phi) is 5.51. The first-order chi connectivity index (χ1) is 14.2. The Hall–Kier alpha value is -1.80. The third kappa shape index (κ3) is 3.19. The molecule has 4 atom stereocenters. The monoisotopic (exact) mass is 406 g/mol. The fraction of sp³-hybridized carbons (Fsp3) is 0.571. The molecule has 0 aromatic heterocycles. The van der Waals surface area contributed by atoms with E-state index < -0.39 is 0 Å². The molecule has 0 fully saturated rings. The molecule has 2 aromatic carbocycles. The molecule has 162 valence electrons. The summed E-state index contributed by atoms with van der Waals surface area (Å²) in [6.07, 6.45) is 2.31. The second-order valence-electron chi connectivity index (χ2n) is 10.7. The standard InChI is InChI=1S/C28H38O2/c1-18(2)27(6)15-22(24-12-11-23(29)14-26(24)27)13-20(5)28(19(3)4)17-30-16-21-9-7-8-10-25(21)28/h7-12,14,18-20,22,29H,13,15-17H2,1-6H3. The smallest absolute Gasteiger partial charge is 0.115 e. The molecule has 2 aliphatic rings. The van der Waals surface area contributed by atoms with Crippen molar-refractivity contribution in [2.45, 2.75) is 77.7 Å². The van der Waals surface area contributed by atoms with E-state index in [0.29, 0.717) is 29.4 Å². The topological polar surface area (TPSA) is 29.5 Å². The summed E-state index contributed by atoms with van der Waals surface area (Å²) in [7, 11) is 0. The lowest BCUT2D eigenvalue weighted by molar-refractivity contribution is 0.000643. The molecule has 0 radical (unpaired) electrons. The summed E-state index contributed by atoms with van der Waals surface area (Å²) in [6, 6.07) is 15.0. The highest BCUT2D eigenvalue weighted by molar-refractivity contribution is 5.47. The Morgan fingerprint density at radius 1 is 1.00 bits per heavy atom. The minimum Gasteiger partial charge on any atom is -0.508 e. The Balaban J connectivity index is 1.71. The van der Waals surface area contributed by atoms with Crippen molar-refractivity contribution in [2.75, 3.05) is 6.61 Å². The zero-order chi connectivity index (χ0) is 21.7. The van der Waals surface area contributed by atoms with Crippen LogP contribution in [0, 0.1) is 17.8 Å². The number of ether oxygens (including phenoxy) is 1. The molecule has 0 bridgehead atoms. The molecule has 0 spiro atoms. The average Bonchev–Trinajstić information content (AvgIpc) is 2.99. The number of aromatic hydroxyl groups is 1. The summed E-state index contributed by atoms with van der Waals surface area (Å²) >= 11 is 0. The van der Waals surface area contributed by atoms with Crippen molar-refractivity contribution < 1.29 is 9.84 Å². The van der Waals surface area contributed by atoms with E-state index in [1.165, 1.54) is 22.3 Å². The van der Waals surface area contributed by atoms with Crippen LogP contribution in [-0.2, 0) is 22.2 Å². The van der Waals surface area contributed by atoms with Gasteiger partial charge in [0.25, 0.3) is 0 Å². The van der Waals surface area contributed by atoms with Crippen molar-refractivity contribution in [3.63, 3.8) is 0 Å². The van der Waals surface area contributed by atoms with E-state index in [0.717, 1.165) is 26.1 Å². The number of fused-ring (bicyclic) bond motifs is 2. The van der Waals surface area contributed by atoms with Crippen molar-refractivity contribution >= 4 is 0 Å². The number of hydrogen-bond acceptors (Lipinski definition) is 2. The summed E-state index contributed by atoms with van der Waals surface area (Å²) in [5, 5.41) is 10.2. The maximum atomic E-state index is 10.2. The molecule has 2 heteroatoms. The lowest BCUT2D eigenvalue weighted by atomic mass is 9.60. The molecule has 1 N–H and O–H groups in total. The fourth-order valence-corrected chi connectivity index (χ4v) is 6.48. The molecule has 0 amide bonds. The van der Waals surface area contributed by atoms with Crippen LogP contribution in [0.4, 0.5) is 0 Å². The minimum atomic E-state index is 0.0444. The predicted molar refractivity (Wildman–Crippen MR) is 124 cm³/mol. The van der Waals surface area contributed by atoms with Gasteiger partial charge >= 0.3 is 0 Å². The molecule has 0 saturated carbocycles. The highest BCUT2D eigenvalue weighted by Crippen LogP contribution is 2.55. The minimum absolute atomic E-state index is 0.0444. The Labute approximate surface area is 182 Å². The van der Waals surface area contributed by atoms with E-state index in [1.54, 1.807) is 0 Å². The van der Waals surface area contributed by atoms with Crippen LogP contribution in [0.2, 0.25) is 0 Å². The summed E-state index contributed by atoms with van der Waals surface area (Å²) in [5.74, 6) is 2.46.